The van der Waals surface area contributed by atoms with Crippen molar-refractivity contribution in [2.45, 2.75) is 104 Å². The van der Waals surface area contributed by atoms with E-state index in [9.17, 15) is 4.79 Å². The second kappa shape index (κ2) is 11.3. The summed E-state index contributed by atoms with van der Waals surface area (Å²) in [6.45, 7) is 8.57. The number of carbonyl (C=O) groups is 1. The summed E-state index contributed by atoms with van der Waals surface area (Å²) >= 11 is 0. The quantitative estimate of drug-likeness (QED) is 0.339. The van der Waals surface area contributed by atoms with E-state index in [-0.39, 0.29) is 11.6 Å². The van der Waals surface area contributed by atoms with Gasteiger partial charge in [0.05, 0.1) is 0 Å². The van der Waals surface area contributed by atoms with Gasteiger partial charge < -0.3 is 4.74 Å². The van der Waals surface area contributed by atoms with Gasteiger partial charge >= 0.3 is 5.97 Å². The zero-order chi connectivity index (χ0) is 14.6. The highest BCUT2D eigenvalue weighted by Gasteiger charge is 2.25. The van der Waals surface area contributed by atoms with Gasteiger partial charge in [0.2, 0.25) is 0 Å². The molecule has 0 saturated heterocycles. The van der Waals surface area contributed by atoms with Crippen molar-refractivity contribution in [2.75, 3.05) is 0 Å². The lowest BCUT2D eigenvalue weighted by atomic mass is 9.96. The fraction of sp³-hybridized carbons (Fsp3) is 0.941. The first-order valence-corrected chi connectivity index (χ1v) is 8.29. The number of hydrogen-bond donors (Lipinski definition) is 0. The minimum absolute atomic E-state index is 0.00376. The van der Waals surface area contributed by atoms with E-state index >= 15 is 0 Å². The standard InChI is InChI=1S/C17H34O2/c1-5-8-10-11-12-13-14-16(18)19-17(4,7-3)15-9-6-2/h5-15H2,1-4H3. The van der Waals surface area contributed by atoms with Crippen molar-refractivity contribution in [3.63, 3.8) is 0 Å². The summed E-state index contributed by atoms with van der Waals surface area (Å²) in [6.07, 6.45) is 12.1. The first-order chi connectivity index (χ1) is 9.08. The van der Waals surface area contributed by atoms with E-state index in [0.717, 1.165) is 38.5 Å². The van der Waals surface area contributed by atoms with Gasteiger partial charge in [0.1, 0.15) is 5.60 Å². The molecule has 1 unspecified atom stereocenters. The molecule has 114 valence electrons. The Kier molecular flexibility index (Phi) is 11.0. The third-order valence-corrected chi connectivity index (χ3v) is 3.90. The van der Waals surface area contributed by atoms with Crippen LogP contribution in [0.2, 0.25) is 0 Å². The first-order valence-electron chi connectivity index (χ1n) is 8.29. The van der Waals surface area contributed by atoms with E-state index in [1.807, 2.05) is 0 Å². The molecule has 0 radical (unpaired) electrons. The van der Waals surface area contributed by atoms with Crippen LogP contribution in [0.25, 0.3) is 0 Å². The normalized spacial score (nSPS) is 14.1. The fourth-order valence-corrected chi connectivity index (χ4v) is 2.23. The average Bonchev–Trinajstić information content (AvgIpc) is 2.40. The molecule has 2 heteroatoms. The summed E-state index contributed by atoms with van der Waals surface area (Å²) in [5.74, 6) is -0.00376. The molecule has 0 heterocycles. The van der Waals surface area contributed by atoms with Gasteiger partial charge in [-0.3, -0.25) is 4.79 Å². The van der Waals surface area contributed by atoms with Gasteiger partial charge in [0, 0.05) is 6.42 Å². The van der Waals surface area contributed by atoms with Gasteiger partial charge in [-0.1, -0.05) is 59.3 Å². The minimum Gasteiger partial charge on any atom is -0.459 e. The second-order valence-corrected chi connectivity index (χ2v) is 5.90. The molecule has 0 aliphatic rings. The molecule has 0 aromatic carbocycles. The van der Waals surface area contributed by atoms with Crippen LogP contribution in [0.4, 0.5) is 0 Å². The highest BCUT2D eigenvalue weighted by Crippen LogP contribution is 2.23. The Labute approximate surface area is 120 Å². The number of esters is 1. The number of carbonyl (C=O) groups excluding carboxylic acids is 1. The van der Waals surface area contributed by atoms with Crippen LogP contribution in [0.15, 0.2) is 0 Å². The van der Waals surface area contributed by atoms with Crippen molar-refractivity contribution in [1.82, 2.24) is 0 Å². The minimum atomic E-state index is -0.241. The van der Waals surface area contributed by atoms with E-state index in [2.05, 4.69) is 27.7 Å². The summed E-state index contributed by atoms with van der Waals surface area (Å²) in [7, 11) is 0. The van der Waals surface area contributed by atoms with Crippen LogP contribution >= 0.6 is 0 Å². The molecule has 0 saturated carbocycles. The first kappa shape index (κ1) is 18.5. The predicted octanol–water partition coefficient (Wildman–Crippen LogP) is 5.64. The molecular weight excluding hydrogens is 236 g/mol. The summed E-state index contributed by atoms with van der Waals surface area (Å²) in [5, 5.41) is 0. The van der Waals surface area contributed by atoms with Crippen LogP contribution in [0.5, 0.6) is 0 Å². The molecule has 0 amide bonds. The highest BCUT2D eigenvalue weighted by molar-refractivity contribution is 5.69. The lowest BCUT2D eigenvalue weighted by Crippen LogP contribution is -2.30. The number of hydrogen-bond acceptors (Lipinski definition) is 2. The summed E-state index contributed by atoms with van der Waals surface area (Å²) in [6, 6.07) is 0. The number of rotatable bonds is 12. The lowest BCUT2D eigenvalue weighted by molar-refractivity contribution is -0.159. The molecule has 0 bridgehead atoms. The lowest BCUT2D eigenvalue weighted by Gasteiger charge is -2.28. The van der Waals surface area contributed by atoms with E-state index in [1.54, 1.807) is 0 Å². The summed E-state index contributed by atoms with van der Waals surface area (Å²) < 4.78 is 5.68. The maximum absolute atomic E-state index is 11.8. The Balaban J connectivity index is 3.75. The Morgan fingerprint density at radius 3 is 2.05 bits per heavy atom. The van der Waals surface area contributed by atoms with Crippen LogP contribution in [-0.2, 0) is 9.53 Å². The van der Waals surface area contributed by atoms with Crippen LogP contribution in [0, 0.1) is 0 Å². The Bertz CT molecular complexity index is 225. The third kappa shape index (κ3) is 9.98. The SMILES string of the molecule is CCCCCCCCC(=O)OC(C)(CC)CCCC. The molecule has 0 aliphatic heterocycles. The van der Waals surface area contributed by atoms with Crippen LogP contribution in [-0.4, -0.2) is 11.6 Å². The third-order valence-electron chi connectivity index (χ3n) is 3.90. The topological polar surface area (TPSA) is 26.3 Å². The molecule has 0 aliphatic carbocycles. The molecule has 0 spiro atoms. The van der Waals surface area contributed by atoms with Crippen molar-refractivity contribution in [2.24, 2.45) is 0 Å². The van der Waals surface area contributed by atoms with Crippen molar-refractivity contribution in [3.05, 3.63) is 0 Å². The highest BCUT2D eigenvalue weighted by atomic mass is 16.6. The van der Waals surface area contributed by atoms with Crippen LogP contribution in [0.1, 0.15) is 98.3 Å². The maximum atomic E-state index is 11.8. The number of ether oxygens (including phenoxy) is 1. The number of unbranched alkanes of at least 4 members (excludes halogenated alkanes) is 6. The van der Waals surface area contributed by atoms with E-state index in [1.165, 1.54) is 25.7 Å². The second-order valence-electron chi connectivity index (χ2n) is 5.90. The summed E-state index contributed by atoms with van der Waals surface area (Å²) in [4.78, 5) is 11.8. The fourth-order valence-electron chi connectivity index (χ4n) is 2.23. The molecule has 0 aromatic rings. The Morgan fingerprint density at radius 1 is 0.895 bits per heavy atom. The van der Waals surface area contributed by atoms with E-state index < -0.39 is 0 Å². The van der Waals surface area contributed by atoms with Crippen molar-refractivity contribution >= 4 is 5.97 Å². The van der Waals surface area contributed by atoms with Gasteiger partial charge in [-0.25, -0.2) is 0 Å². The zero-order valence-corrected chi connectivity index (χ0v) is 13.6. The van der Waals surface area contributed by atoms with Gasteiger partial charge in [-0.2, -0.15) is 0 Å². The largest absolute Gasteiger partial charge is 0.459 e. The predicted molar refractivity (Wildman–Crippen MR) is 82.3 cm³/mol. The molecule has 0 aromatic heterocycles. The molecule has 19 heavy (non-hydrogen) atoms. The van der Waals surface area contributed by atoms with E-state index in [4.69, 9.17) is 4.74 Å². The molecule has 2 nitrogen and oxygen atoms in total. The summed E-state index contributed by atoms with van der Waals surface area (Å²) in [5.41, 5.74) is -0.241. The maximum Gasteiger partial charge on any atom is 0.306 e. The molecular formula is C17H34O2. The van der Waals surface area contributed by atoms with E-state index in [0.29, 0.717) is 6.42 Å². The molecule has 0 N–H and O–H groups in total. The monoisotopic (exact) mass is 270 g/mol. The van der Waals surface area contributed by atoms with Crippen molar-refractivity contribution in [1.29, 1.82) is 0 Å². The average molecular weight is 270 g/mol. The Hall–Kier alpha value is -0.530. The van der Waals surface area contributed by atoms with Crippen molar-refractivity contribution in [3.8, 4) is 0 Å². The van der Waals surface area contributed by atoms with Crippen molar-refractivity contribution < 1.29 is 9.53 Å². The van der Waals surface area contributed by atoms with Gasteiger partial charge in [0.15, 0.2) is 0 Å². The van der Waals surface area contributed by atoms with Crippen LogP contribution in [0.3, 0.4) is 0 Å². The smallest absolute Gasteiger partial charge is 0.306 e. The molecule has 0 rings (SSSR count). The van der Waals surface area contributed by atoms with Gasteiger partial charge in [-0.05, 0) is 32.6 Å². The van der Waals surface area contributed by atoms with Gasteiger partial charge in [0.25, 0.3) is 0 Å². The molecule has 0 fully saturated rings. The van der Waals surface area contributed by atoms with Gasteiger partial charge in [-0.15, -0.1) is 0 Å². The van der Waals surface area contributed by atoms with Crippen LogP contribution < -0.4 is 0 Å². The zero-order valence-electron chi connectivity index (χ0n) is 13.6. The molecule has 1 atom stereocenters. The Morgan fingerprint density at radius 2 is 1.47 bits per heavy atom.